The van der Waals surface area contributed by atoms with Gasteiger partial charge in [-0.05, 0) is 88.7 Å². The summed E-state index contributed by atoms with van der Waals surface area (Å²) in [5, 5.41) is 2.98. The van der Waals surface area contributed by atoms with E-state index in [1.165, 1.54) is 0 Å². The van der Waals surface area contributed by atoms with Gasteiger partial charge in [-0.25, -0.2) is 14.4 Å². The number of imide groups is 1. The molecule has 2 amide bonds. The Hall–Kier alpha value is -1.83. The van der Waals surface area contributed by atoms with Gasteiger partial charge in [0.05, 0.1) is 0 Å². The van der Waals surface area contributed by atoms with E-state index in [1.54, 1.807) is 69.4 Å². The van der Waals surface area contributed by atoms with Crippen LogP contribution in [0, 0.1) is 0 Å². The van der Waals surface area contributed by atoms with Gasteiger partial charge in [0.15, 0.2) is 0 Å². The predicted octanol–water partition coefficient (Wildman–Crippen LogP) is 3.87. The highest BCUT2D eigenvalue weighted by molar-refractivity contribution is 5.94. The summed E-state index contributed by atoms with van der Waals surface area (Å²) in [6.07, 6.45) is -1.12. The maximum absolute atomic E-state index is 12.8. The van der Waals surface area contributed by atoms with Gasteiger partial charge in [-0.2, -0.15) is 4.90 Å². The average Bonchev–Trinajstić information content (AvgIpc) is 2.40. The summed E-state index contributed by atoms with van der Waals surface area (Å²) in [5.41, 5.74) is -2.46. The first-order valence-electron chi connectivity index (χ1n) is 9.59. The van der Waals surface area contributed by atoms with Crippen LogP contribution in [-0.2, 0) is 19.0 Å². The van der Waals surface area contributed by atoms with Crippen LogP contribution in [0.4, 0.5) is 9.59 Å². The summed E-state index contributed by atoms with van der Waals surface area (Å²) < 4.78 is 16.2. The number of ether oxygens (including phenoxy) is 3. The summed E-state index contributed by atoms with van der Waals surface area (Å²) in [5.74, 6) is -0.680. The van der Waals surface area contributed by atoms with E-state index in [2.05, 4.69) is 5.32 Å². The van der Waals surface area contributed by atoms with Gasteiger partial charge in [-0.15, -0.1) is 0 Å². The average molecular weight is 403 g/mol. The molecular weight excluding hydrogens is 364 g/mol. The van der Waals surface area contributed by atoms with Crippen LogP contribution in [0.15, 0.2) is 0 Å². The zero-order chi connectivity index (χ0) is 22.3. The molecule has 0 fully saturated rings. The van der Waals surface area contributed by atoms with E-state index < -0.39 is 41.0 Å². The topological polar surface area (TPSA) is 94.2 Å². The summed E-state index contributed by atoms with van der Waals surface area (Å²) in [4.78, 5) is 39.2. The molecule has 1 N–H and O–H groups in total. The number of carbonyl (C=O) groups excluding carboxylic acids is 3. The second-order valence-corrected chi connectivity index (χ2v) is 9.63. The van der Waals surface area contributed by atoms with E-state index >= 15 is 0 Å². The van der Waals surface area contributed by atoms with Crippen molar-refractivity contribution >= 4 is 18.2 Å². The molecular formula is C20H38N2O6. The Labute approximate surface area is 169 Å². The maximum Gasteiger partial charge on any atom is 0.420 e. The SMILES string of the molecule is CNCCC[C@@H](C(=O)OC(C)(C)C)N(C(=O)OC(C)(C)C)C(=O)OC(C)(C)C. The first kappa shape index (κ1) is 26.2. The summed E-state index contributed by atoms with van der Waals surface area (Å²) >= 11 is 0. The Morgan fingerprint density at radius 2 is 1.18 bits per heavy atom. The number of hydrogen-bond acceptors (Lipinski definition) is 7. The van der Waals surface area contributed by atoms with Crippen molar-refractivity contribution in [2.24, 2.45) is 0 Å². The lowest BCUT2D eigenvalue weighted by molar-refractivity contribution is -0.161. The molecule has 0 saturated carbocycles. The van der Waals surface area contributed by atoms with E-state index in [4.69, 9.17) is 14.2 Å². The Morgan fingerprint density at radius 3 is 1.50 bits per heavy atom. The van der Waals surface area contributed by atoms with Gasteiger partial charge in [-0.1, -0.05) is 0 Å². The van der Waals surface area contributed by atoms with Crippen molar-refractivity contribution in [1.29, 1.82) is 0 Å². The van der Waals surface area contributed by atoms with Crippen LogP contribution < -0.4 is 5.32 Å². The van der Waals surface area contributed by atoms with E-state index in [1.807, 2.05) is 0 Å². The van der Waals surface area contributed by atoms with E-state index in [9.17, 15) is 14.4 Å². The molecule has 8 nitrogen and oxygen atoms in total. The third-order valence-electron chi connectivity index (χ3n) is 3.08. The molecule has 0 aliphatic carbocycles. The Balaban J connectivity index is 5.92. The predicted molar refractivity (Wildman–Crippen MR) is 107 cm³/mol. The molecule has 0 rings (SSSR count). The van der Waals surface area contributed by atoms with Gasteiger partial charge in [0.25, 0.3) is 0 Å². The number of hydrogen-bond donors (Lipinski definition) is 1. The molecule has 0 aromatic carbocycles. The molecule has 0 aliphatic heterocycles. The second kappa shape index (κ2) is 10.1. The molecule has 1 atom stereocenters. The highest BCUT2D eigenvalue weighted by atomic mass is 16.6. The molecule has 164 valence electrons. The van der Waals surface area contributed by atoms with Crippen LogP contribution in [0.3, 0.4) is 0 Å². The van der Waals surface area contributed by atoms with Crippen LogP contribution in [0.2, 0.25) is 0 Å². The molecule has 0 aromatic heterocycles. The van der Waals surface area contributed by atoms with Crippen molar-refractivity contribution in [3.05, 3.63) is 0 Å². The zero-order valence-corrected chi connectivity index (χ0v) is 19.1. The zero-order valence-electron chi connectivity index (χ0n) is 19.1. The normalized spacial score (nSPS) is 13.5. The first-order chi connectivity index (χ1) is 12.5. The minimum Gasteiger partial charge on any atom is -0.458 e. The van der Waals surface area contributed by atoms with Crippen molar-refractivity contribution in [2.75, 3.05) is 13.6 Å². The second-order valence-electron chi connectivity index (χ2n) is 9.63. The molecule has 0 saturated heterocycles. The van der Waals surface area contributed by atoms with Gasteiger partial charge in [-0.3, -0.25) is 0 Å². The van der Waals surface area contributed by atoms with Gasteiger partial charge in [0.1, 0.15) is 22.8 Å². The molecule has 0 spiro atoms. The van der Waals surface area contributed by atoms with Crippen molar-refractivity contribution in [3.8, 4) is 0 Å². The number of nitrogens with zero attached hydrogens (tertiary/aromatic N) is 1. The maximum atomic E-state index is 12.8. The van der Waals surface area contributed by atoms with Crippen LogP contribution in [0.5, 0.6) is 0 Å². The largest absolute Gasteiger partial charge is 0.458 e. The van der Waals surface area contributed by atoms with Gasteiger partial charge >= 0.3 is 18.2 Å². The molecule has 28 heavy (non-hydrogen) atoms. The van der Waals surface area contributed by atoms with E-state index in [0.717, 1.165) is 4.90 Å². The first-order valence-corrected chi connectivity index (χ1v) is 9.59. The van der Waals surface area contributed by atoms with Crippen LogP contribution >= 0.6 is 0 Å². The molecule has 0 heterocycles. The van der Waals surface area contributed by atoms with Crippen LogP contribution in [-0.4, -0.2) is 59.5 Å². The molecule has 8 heteroatoms. The molecule has 0 aliphatic rings. The third kappa shape index (κ3) is 11.1. The fourth-order valence-corrected chi connectivity index (χ4v) is 2.15. The lowest BCUT2D eigenvalue weighted by atomic mass is 10.1. The fourth-order valence-electron chi connectivity index (χ4n) is 2.15. The number of rotatable bonds is 6. The number of carbonyl (C=O) groups is 3. The van der Waals surface area contributed by atoms with E-state index in [-0.39, 0.29) is 6.42 Å². The Bertz CT molecular complexity index is 512. The summed E-state index contributed by atoms with van der Waals surface area (Å²) in [6, 6.07) is -1.16. The van der Waals surface area contributed by atoms with Gasteiger partial charge in [0.2, 0.25) is 0 Å². The van der Waals surface area contributed by atoms with E-state index in [0.29, 0.717) is 13.0 Å². The lowest BCUT2D eigenvalue weighted by Gasteiger charge is -2.33. The highest BCUT2D eigenvalue weighted by Crippen LogP contribution is 2.21. The Kier molecular flexibility index (Phi) is 9.43. The number of esters is 1. The monoisotopic (exact) mass is 402 g/mol. The third-order valence-corrected chi connectivity index (χ3v) is 3.08. The van der Waals surface area contributed by atoms with Crippen LogP contribution in [0.1, 0.15) is 75.2 Å². The fraction of sp³-hybridized carbons (Fsp3) is 0.850. The van der Waals surface area contributed by atoms with Crippen molar-refractivity contribution in [3.63, 3.8) is 0 Å². The lowest BCUT2D eigenvalue weighted by Crippen LogP contribution is -2.53. The molecule has 0 bridgehead atoms. The number of nitrogens with one attached hydrogen (secondary N) is 1. The summed E-state index contributed by atoms with van der Waals surface area (Å²) in [6.45, 7) is 15.9. The highest BCUT2D eigenvalue weighted by Gasteiger charge is 2.41. The van der Waals surface area contributed by atoms with Crippen molar-refractivity contribution in [1.82, 2.24) is 10.2 Å². The quantitative estimate of drug-likeness (QED) is 0.409. The molecule has 0 radical (unpaired) electrons. The molecule has 0 aromatic rings. The van der Waals surface area contributed by atoms with Gasteiger partial charge in [0, 0.05) is 0 Å². The minimum atomic E-state index is -1.16. The standard InChI is InChI=1S/C20H38N2O6/c1-18(2,3)26-15(23)14(12-11-13-21-10)22(16(24)27-19(4,5)6)17(25)28-20(7,8)9/h14,21H,11-13H2,1-10H3/t14-/m0/s1. The van der Waals surface area contributed by atoms with Crippen molar-refractivity contribution < 1.29 is 28.6 Å². The van der Waals surface area contributed by atoms with Crippen molar-refractivity contribution in [2.45, 2.75) is 98.0 Å². The van der Waals surface area contributed by atoms with Gasteiger partial charge < -0.3 is 19.5 Å². The van der Waals surface area contributed by atoms with Crippen LogP contribution in [0.25, 0.3) is 0 Å². The smallest absolute Gasteiger partial charge is 0.420 e. The Morgan fingerprint density at radius 1 is 0.786 bits per heavy atom. The minimum absolute atomic E-state index is 0.217. The summed E-state index contributed by atoms with van der Waals surface area (Å²) in [7, 11) is 1.78. The molecule has 0 unspecified atom stereocenters. The number of amides is 2.